The molecular weight excluding hydrogens is 412 g/mol. The highest BCUT2D eigenvalue weighted by Crippen LogP contribution is 2.50. The molecule has 0 saturated carbocycles. The largest absolute Gasteiger partial charge is 0.465 e. The van der Waals surface area contributed by atoms with Gasteiger partial charge in [-0.2, -0.15) is 0 Å². The van der Waals surface area contributed by atoms with Crippen molar-refractivity contribution in [2.75, 3.05) is 13.2 Å². The number of hydrogen-bond donors (Lipinski definition) is 3. The number of carbonyl (C=O) groups excluding carboxylic acids is 3. The molecule has 172 valence electrons. The molecule has 0 aliphatic carbocycles. The van der Waals surface area contributed by atoms with E-state index >= 15 is 0 Å². The zero-order valence-electron chi connectivity index (χ0n) is 17.8. The van der Waals surface area contributed by atoms with Gasteiger partial charge in [0.1, 0.15) is 30.0 Å². The number of ether oxygens (including phenoxy) is 4. The second-order valence-corrected chi connectivity index (χ2v) is 8.79. The molecule has 0 aromatic heterocycles. The SMILES string of the molecule is C=C(CO)C(=O)O[C@H]1C[C@@](C)(O)[C@]2(O)CC[C@](C)(/C=C3/OC(=O)C(COC(C)=O)[C@@H]31)O2. The third-order valence-corrected chi connectivity index (χ3v) is 6.14. The number of esters is 3. The third kappa shape index (κ3) is 4.38. The van der Waals surface area contributed by atoms with Crippen molar-refractivity contribution in [1.29, 1.82) is 0 Å². The Balaban J connectivity index is 2.08. The predicted molar refractivity (Wildman–Crippen MR) is 103 cm³/mol. The van der Waals surface area contributed by atoms with Gasteiger partial charge in [0.15, 0.2) is 5.79 Å². The lowest BCUT2D eigenvalue weighted by Gasteiger charge is -2.40. The summed E-state index contributed by atoms with van der Waals surface area (Å²) in [5.41, 5.74) is -3.16. The van der Waals surface area contributed by atoms with E-state index in [2.05, 4.69) is 6.58 Å². The van der Waals surface area contributed by atoms with Gasteiger partial charge in [0, 0.05) is 19.8 Å². The maximum absolute atomic E-state index is 12.6. The van der Waals surface area contributed by atoms with Crippen molar-refractivity contribution in [3.05, 3.63) is 24.0 Å². The summed E-state index contributed by atoms with van der Waals surface area (Å²) in [5, 5.41) is 31.4. The molecular formula is C21H28O10. The molecule has 3 aliphatic heterocycles. The molecule has 6 atom stereocenters. The Hall–Kier alpha value is -2.27. The average Bonchev–Trinajstić information content (AvgIpc) is 3.14. The minimum absolute atomic E-state index is 0.0970. The maximum atomic E-state index is 12.6. The van der Waals surface area contributed by atoms with Crippen molar-refractivity contribution in [1.82, 2.24) is 0 Å². The van der Waals surface area contributed by atoms with Crippen LogP contribution < -0.4 is 0 Å². The van der Waals surface area contributed by atoms with E-state index in [1.807, 2.05) is 0 Å². The third-order valence-electron chi connectivity index (χ3n) is 6.14. The van der Waals surface area contributed by atoms with E-state index in [4.69, 9.17) is 18.9 Å². The molecule has 10 nitrogen and oxygen atoms in total. The monoisotopic (exact) mass is 440 g/mol. The summed E-state index contributed by atoms with van der Waals surface area (Å²) in [4.78, 5) is 36.3. The fourth-order valence-corrected chi connectivity index (χ4v) is 4.32. The molecule has 0 spiro atoms. The van der Waals surface area contributed by atoms with Gasteiger partial charge in [0.2, 0.25) is 0 Å². The van der Waals surface area contributed by atoms with Crippen LogP contribution in [0.3, 0.4) is 0 Å². The second kappa shape index (κ2) is 8.01. The summed E-state index contributed by atoms with van der Waals surface area (Å²) >= 11 is 0. The van der Waals surface area contributed by atoms with Gasteiger partial charge in [0.05, 0.1) is 23.7 Å². The fourth-order valence-electron chi connectivity index (χ4n) is 4.32. The van der Waals surface area contributed by atoms with Crippen LogP contribution in [-0.2, 0) is 33.3 Å². The van der Waals surface area contributed by atoms with Gasteiger partial charge >= 0.3 is 17.9 Å². The predicted octanol–water partition coefficient (Wildman–Crippen LogP) is 0.0953. The van der Waals surface area contributed by atoms with Crippen molar-refractivity contribution in [2.45, 2.75) is 63.1 Å². The van der Waals surface area contributed by atoms with E-state index in [0.717, 1.165) is 0 Å². The molecule has 3 rings (SSSR count). The molecule has 0 radical (unpaired) electrons. The minimum Gasteiger partial charge on any atom is -0.465 e. The van der Waals surface area contributed by atoms with Crippen LogP contribution in [-0.4, -0.2) is 69.5 Å². The summed E-state index contributed by atoms with van der Waals surface area (Å²) in [6.07, 6.45) is 0.469. The highest BCUT2D eigenvalue weighted by Gasteiger charge is 2.60. The van der Waals surface area contributed by atoms with E-state index in [-0.39, 0.29) is 30.8 Å². The van der Waals surface area contributed by atoms with Gasteiger partial charge in [0.25, 0.3) is 0 Å². The highest BCUT2D eigenvalue weighted by atomic mass is 16.7. The van der Waals surface area contributed by atoms with Gasteiger partial charge in [-0.3, -0.25) is 9.59 Å². The molecule has 10 heteroatoms. The Bertz CT molecular complexity index is 830. The first-order valence-corrected chi connectivity index (χ1v) is 10.0. The van der Waals surface area contributed by atoms with Crippen LogP contribution >= 0.6 is 0 Å². The summed E-state index contributed by atoms with van der Waals surface area (Å²) in [7, 11) is 0. The standard InChI is InChI=1S/C21H28O10/c1-11(9-22)17(24)29-15-8-20(4,26)21(27)6-5-19(3,31-21)7-14-16(15)13(18(25)30-14)10-28-12(2)23/h7,13,15-16,22,26-27H,1,5-6,8-10H2,2-4H3/b14-7+/t13?,15-,16-,19+,20+,21-/m0/s1. The fraction of sp³-hybridized carbons (Fsp3) is 0.667. The quantitative estimate of drug-likeness (QED) is 0.305. The van der Waals surface area contributed by atoms with Crippen molar-refractivity contribution in [3.8, 4) is 0 Å². The van der Waals surface area contributed by atoms with Crippen LogP contribution in [0.1, 0.15) is 40.0 Å². The molecule has 3 aliphatic rings. The lowest BCUT2D eigenvalue weighted by atomic mass is 9.78. The first-order chi connectivity index (χ1) is 14.3. The van der Waals surface area contributed by atoms with E-state index in [1.165, 1.54) is 19.9 Å². The average molecular weight is 440 g/mol. The molecule has 0 amide bonds. The molecule has 3 N–H and O–H groups in total. The van der Waals surface area contributed by atoms with Crippen LogP contribution in [0.4, 0.5) is 0 Å². The van der Waals surface area contributed by atoms with Crippen LogP contribution in [0.25, 0.3) is 0 Å². The van der Waals surface area contributed by atoms with Gasteiger partial charge in [-0.25, -0.2) is 4.79 Å². The zero-order chi connectivity index (χ0) is 23.2. The van der Waals surface area contributed by atoms with Crippen molar-refractivity contribution in [3.63, 3.8) is 0 Å². The van der Waals surface area contributed by atoms with E-state index in [1.54, 1.807) is 6.92 Å². The van der Waals surface area contributed by atoms with Gasteiger partial charge in [-0.05, 0) is 26.3 Å². The number of hydrogen-bond acceptors (Lipinski definition) is 10. The van der Waals surface area contributed by atoms with Crippen molar-refractivity contribution in [2.24, 2.45) is 11.8 Å². The van der Waals surface area contributed by atoms with E-state index < -0.39 is 59.4 Å². The second-order valence-electron chi connectivity index (χ2n) is 8.79. The Morgan fingerprint density at radius 3 is 2.58 bits per heavy atom. The summed E-state index contributed by atoms with van der Waals surface area (Å²) < 4.78 is 21.8. The van der Waals surface area contributed by atoms with Crippen LogP contribution in [0, 0.1) is 11.8 Å². The Morgan fingerprint density at radius 1 is 1.29 bits per heavy atom. The smallest absolute Gasteiger partial charge is 0.336 e. The molecule has 1 unspecified atom stereocenters. The first-order valence-electron chi connectivity index (χ1n) is 10.0. The molecule has 2 saturated heterocycles. The van der Waals surface area contributed by atoms with Crippen molar-refractivity contribution >= 4 is 17.9 Å². The molecule has 2 fully saturated rings. The summed E-state index contributed by atoms with van der Waals surface area (Å²) in [6.45, 7) is 6.69. The number of fused-ring (bicyclic) bond motifs is 3. The Kier molecular flexibility index (Phi) is 6.05. The molecule has 3 heterocycles. The number of aliphatic hydroxyl groups is 3. The molecule has 31 heavy (non-hydrogen) atoms. The molecule has 0 aromatic rings. The van der Waals surface area contributed by atoms with Crippen LogP contribution in [0.2, 0.25) is 0 Å². The summed E-state index contributed by atoms with van der Waals surface area (Å²) in [6, 6.07) is 0. The normalized spacial score (nSPS) is 41.0. The topological polar surface area (TPSA) is 149 Å². The lowest BCUT2D eigenvalue weighted by molar-refractivity contribution is -0.299. The Labute approximate surface area is 179 Å². The lowest BCUT2D eigenvalue weighted by Crippen LogP contribution is -2.55. The zero-order valence-corrected chi connectivity index (χ0v) is 17.8. The molecule has 2 bridgehead atoms. The Morgan fingerprint density at radius 2 is 1.97 bits per heavy atom. The van der Waals surface area contributed by atoms with Gasteiger partial charge in [-0.15, -0.1) is 0 Å². The maximum Gasteiger partial charge on any atom is 0.336 e. The number of aliphatic hydroxyl groups excluding tert-OH is 1. The van der Waals surface area contributed by atoms with Gasteiger partial charge in [-0.1, -0.05) is 6.58 Å². The van der Waals surface area contributed by atoms with Gasteiger partial charge < -0.3 is 34.3 Å². The number of carbonyl (C=O) groups is 3. The molecule has 0 aromatic carbocycles. The minimum atomic E-state index is -1.94. The number of rotatable bonds is 5. The van der Waals surface area contributed by atoms with Crippen molar-refractivity contribution < 1.29 is 48.7 Å². The van der Waals surface area contributed by atoms with Crippen LogP contribution in [0.15, 0.2) is 24.0 Å². The van der Waals surface area contributed by atoms with Crippen LogP contribution in [0.5, 0.6) is 0 Å². The highest BCUT2D eigenvalue weighted by molar-refractivity contribution is 5.88. The van der Waals surface area contributed by atoms with E-state index in [9.17, 15) is 29.7 Å². The van der Waals surface area contributed by atoms with E-state index in [0.29, 0.717) is 6.42 Å². The summed E-state index contributed by atoms with van der Waals surface area (Å²) in [5.74, 6) is -5.96. The first kappa shape index (κ1) is 23.4.